The molecule has 2 aromatic carbocycles. The highest BCUT2D eigenvalue weighted by Crippen LogP contribution is 2.27. The average Bonchev–Trinajstić information content (AvgIpc) is 3.18. The lowest BCUT2D eigenvalue weighted by atomic mass is 10.1. The van der Waals surface area contributed by atoms with Gasteiger partial charge in [-0.05, 0) is 18.2 Å². The van der Waals surface area contributed by atoms with E-state index >= 15 is 0 Å². The van der Waals surface area contributed by atoms with Gasteiger partial charge < -0.3 is 10.1 Å². The zero-order chi connectivity index (χ0) is 18.4. The third-order valence-corrected chi connectivity index (χ3v) is 4.15. The Morgan fingerprint density at radius 2 is 2.08 bits per heavy atom. The van der Waals surface area contributed by atoms with E-state index in [2.05, 4.69) is 20.6 Å². The van der Waals surface area contributed by atoms with Crippen molar-refractivity contribution in [2.24, 2.45) is 7.05 Å². The summed E-state index contributed by atoms with van der Waals surface area (Å²) in [6.07, 6.45) is 1.25. The number of fused-ring (bicyclic) bond motifs is 2. The number of nitrogens with one attached hydrogen (secondary N) is 2. The summed E-state index contributed by atoms with van der Waals surface area (Å²) < 4.78 is 35.4. The van der Waals surface area contributed by atoms with Crippen molar-refractivity contribution < 1.29 is 18.3 Å². The largest absolute Gasteiger partial charge is 0.480 e. The van der Waals surface area contributed by atoms with Crippen molar-refractivity contribution in [1.29, 1.82) is 0 Å². The molecule has 2 aromatic heterocycles. The molecule has 0 unspecified atom stereocenters. The Bertz CT molecular complexity index is 1170. The molecule has 0 saturated carbocycles. The van der Waals surface area contributed by atoms with Crippen molar-refractivity contribution in [3.63, 3.8) is 0 Å². The van der Waals surface area contributed by atoms with Crippen LogP contribution in [0.4, 0.5) is 14.5 Å². The monoisotopic (exact) mass is 357 g/mol. The smallest absolute Gasteiger partial charge is 0.261 e. The molecular formula is C17H13F2N5O2. The molecule has 0 aliphatic carbocycles. The second-order valence-corrected chi connectivity index (χ2v) is 5.70. The predicted octanol–water partition coefficient (Wildman–Crippen LogP) is 2.99. The van der Waals surface area contributed by atoms with Crippen LogP contribution in [0, 0.1) is 11.6 Å². The van der Waals surface area contributed by atoms with Crippen LogP contribution in [0.1, 0.15) is 10.4 Å². The minimum Gasteiger partial charge on any atom is -0.480 e. The molecular weight excluding hydrogens is 344 g/mol. The zero-order valence-electron chi connectivity index (χ0n) is 13.8. The fourth-order valence-corrected chi connectivity index (χ4v) is 2.84. The van der Waals surface area contributed by atoms with Gasteiger partial charge in [0.15, 0.2) is 0 Å². The third kappa shape index (κ3) is 2.36. The van der Waals surface area contributed by atoms with Gasteiger partial charge in [-0.25, -0.2) is 8.78 Å². The Hall–Kier alpha value is -3.49. The highest BCUT2D eigenvalue weighted by molar-refractivity contribution is 6.07. The molecule has 2 heterocycles. The highest BCUT2D eigenvalue weighted by atomic mass is 19.1. The van der Waals surface area contributed by atoms with E-state index < -0.39 is 23.1 Å². The van der Waals surface area contributed by atoms with E-state index in [1.54, 1.807) is 25.2 Å². The molecule has 0 aliphatic heterocycles. The number of hydrogen-bond acceptors (Lipinski definition) is 4. The number of H-pyrrole nitrogens is 1. The molecule has 132 valence electrons. The van der Waals surface area contributed by atoms with Gasteiger partial charge in [-0.2, -0.15) is 5.10 Å². The van der Waals surface area contributed by atoms with Gasteiger partial charge in [-0.15, -0.1) is 5.10 Å². The van der Waals surface area contributed by atoms with Gasteiger partial charge in [0.1, 0.15) is 17.2 Å². The number of aromatic amines is 1. The molecule has 4 rings (SSSR count). The van der Waals surface area contributed by atoms with Crippen LogP contribution in [0.2, 0.25) is 0 Å². The van der Waals surface area contributed by atoms with Gasteiger partial charge in [0.25, 0.3) is 5.91 Å². The summed E-state index contributed by atoms with van der Waals surface area (Å²) in [6.45, 7) is 0. The number of methoxy groups -OCH3 is 1. The molecule has 7 nitrogen and oxygen atoms in total. The van der Waals surface area contributed by atoms with Gasteiger partial charge in [-0.3, -0.25) is 14.6 Å². The van der Waals surface area contributed by atoms with Crippen molar-refractivity contribution in [3.8, 4) is 5.88 Å². The number of nitrogens with zero attached hydrogens (tertiary/aromatic N) is 3. The first-order valence-corrected chi connectivity index (χ1v) is 7.62. The van der Waals surface area contributed by atoms with Crippen molar-refractivity contribution in [3.05, 3.63) is 47.7 Å². The second kappa shape index (κ2) is 5.80. The van der Waals surface area contributed by atoms with Gasteiger partial charge in [0, 0.05) is 18.8 Å². The Morgan fingerprint density at radius 1 is 1.27 bits per heavy atom. The third-order valence-electron chi connectivity index (χ3n) is 4.15. The lowest BCUT2D eigenvalue weighted by Gasteiger charge is -2.08. The first-order chi connectivity index (χ1) is 12.5. The van der Waals surface area contributed by atoms with E-state index in [1.807, 2.05) is 0 Å². The molecule has 0 atom stereocenters. The maximum Gasteiger partial charge on any atom is 0.261 e. The number of amides is 1. The van der Waals surface area contributed by atoms with Gasteiger partial charge in [0.2, 0.25) is 5.88 Å². The summed E-state index contributed by atoms with van der Waals surface area (Å²) in [5.74, 6) is -2.46. The zero-order valence-corrected chi connectivity index (χ0v) is 13.8. The SMILES string of the molecule is COc1n[nH]c2ccc(NC(=O)c3c(F)cc4c(cnn4C)c3F)cc12. The summed E-state index contributed by atoms with van der Waals surface area (Å²) in [4.78, 5) is 12.5. The van der Waals surface area contributed by atoms with E-state index in [-0.39, 0.29) is 10.9 Å². The number of anilines is 1. The standard InChI is InChI=1S/C17H13F2N5O2/c1-24-13-6-11(18)14(15(19)10(13)7-20-24)16(25)21-8-3-4-12-9(5-8)17(26-2)23-22-12/h3-7H,1-2H3,(H,21,25)(H,22,23). The summed E-state index contributed by atoms with van der Waals surface area (Å²) in [6, 6.07) is 5.96. The Kier molecular flexibility index (Phi) is 3.57. The lowest BCUT2D eigenvalue weighted by molar-refractivity contribution is 0.101. The molecule has 0 bridgehead atoms. The summed E-state index contributed by atoms with van der Waals surface area (Å²) in [7, 11) is 3.03. The molecule has 4 aromatic rings. The lowest BCUT2D eigenvalue weighted by Crippen LogP contribution is -2.16. The average molecular weight is 357 g/mol. The van der Waals surface area contributed by atoms with Crippen molar-refractivity contribution >= 4 is 33.4 Å². The first-order valence-electron chi connectivity index (χ1n) is 7.62. The number of aromatic nitrogens is 4. The molecule has 0 spiro atoms. The Morgan fingerprint density at radius 3 is 2.85 bits per heavy atom. The maximum atomic E-state index is 14.6. The number of hydrogen-bond donors (Lipinski definition) is 2. The fourth-order valence-electron chi connectivity index (χ4n) is 2.84. The Labute approximate surface area is 145 Å². The van der Waals surface area contributed by atoms with E-state index in [4.69, 9.17) is 4.74 Å². The molecule has 26 heavy (non-hydrogen) atoms. The number of halogens is 2. The maximum absolute atomic E-state index is 14.6. The van der Waals surface area contributed by atoms with Crippen LogP contribution in [0.15, 0.2) is 30.5 Å². The minimum atomic E-state index is -0.960. The van der Waals surface area contributed by atoms with Crippen molar-refractivity contribution in [2.45, 2.75) is 0 Å². The molecule has 0 radical (unpaired) electrons. The van der Waals surface area contributed by atoms with E-state index in [9.17, 15) is 13.6 Å². The molecule has 1 amide bonds. The first kappa shape index (κ1) is 16.0. The van der Waals surface area contributed by atoms with Crippen LogP contribution in [0.25, 0.3) is 21.8 Å². The molecule has 9 heteroatoms. The van der Waals surface area contributed by atoms with Crippen LogP contribution in [-0.4, -0.2) is 33.0 Å². The van der Waals surface area contributed by atoms with Crippen LogP contribution < -0.4 is 10.1 Å². The summed E-state index contributed by atoms with van der Waals surface area (Å²) in [5.41, 5.74) is 0.659. The number of carbonyl (C=O) groups is 1. The number of benzene rings is 2. The van der Waals surface area contributed by atoms with E-state index in [0.717, 1.165) is 6.07 Å². The number of rotatable bonds is 3. The predicted molar refractivity (Wildman–Crippen MR) is 91.2 cm³/mol. The highest BCUT2D eigenvalue weighted by Gasteiger charge is 2.22. The van der Waals surface area contributed by atoms with Crippen LogP contribution in [0.3, 0.4) is 0 Å². The second-order valence-electron chi connectivity index (χ2n) is 5.70. The normalized spacial score (nSPS) is 11.2. The molecule has 2 N–H and O–H groups in total. The Balaban J connectivity index is 1.73. The quantitative estimate of drug-likeness (QED) is 0.590. The minimum absolute atomic E-state index is 0.0750. The van der Waals surface area contributed by atoms with E-state index in [1.165, 1.54) is 18.0 Å². The van der Waals surface area contributed by atoms with Crippen LogP contribution in [-0.2, 0) is 7.05 Å². The molecule has 0 saturated heterocycles. The van der Waals surface area contributed by atoms with Crippen molar-refractivity contribution in [2.75, 3.05) is 12.4 Å². The topological polar surface area (TPSA) is 84.8 Å². The molecule has 0 fully saturated rings. The number of carbonyl (C=O) groups excluding carboxylic acids is 1. The van der Waals surface area contributed by atoms with Crippen molar-refractivity contribution in [1.82, 2.24) is 20.0 Å². The van der Waals surface area contributed by atoms with Gasteiger partial charge in [-0.1, -0.05) is 0 Å². The molecule has 0 aliphatic rings. The van der Waals surface area contributed by atoms with Crippen LogP contribution >= 0.6 is 0 Å². The van der Waals surface area contributed by atoms with Gasteiger partial charge in [0.05, 0.1) is 35.1 Å². The van der Waals surface area contributed by atoms with Crippen LogP contribution in [0.5, 0.6) is 5.88 Å². The number of aryl methyl sites for hydroxylation is 1. The summed E-state index contributed by atoms with van der Waals surface area (Å²) in [5, 5.41) is 13.8. The van der Waals surface area contributed by atoms with Gasteiger partial charge >= 0.3 is 0 Å². The summed E-state index contributed by atoms with van der Waals surface area (Å²) >= 11 is 0. The number of ether oxygens (including phenoxy) is 1. The van der Waals surface area contributed by atoms with E-state index in [0.29, 0.717) is 22.5 Å². The fraction of sp³-hybridized carbons (Fsp3) is 0.118.